The van der Waals surface area contributed by atoms with E-state index >= 15 is 0 Å². The van der Waals surface area contributed by atoms with Crippen LogP contribution in [0.25, 0.3) is 16.7 Å². The van der Waals surface area contributed by atoms with Gasteiger partial charge in [-0.3, -0.25) is 18.7 Å². The average Bonchev–Trinajstić information content (AvgIpc) is 3.32. The molecule has 0 atom stereocenters. The van der Waals surface area contributed by atoms with Crippen molar-refractivity contribution >= 4 is 50.2 Å². The first-order valence-electron chi connectivity index (χ1n) is 8.51. The number of carbonyl (C=O) groups excluding carboxylic acids is 1. The molecule has 0 aliphatic rings. The molecule has 0 spiro atoms. The van der Waals surface area contributed by atoms with E-state index in [9.17, 15) is 14.4 Å². The Bertz CT molecular complexity index is 1350. The van der Waals surface area contributed by atoms with Gasteiger partial charge in [-0.1, -0.05) is 15.9 Å². The van der Waals surface area contributed by atoms with Crippen LogP contribution in [-0.4, -0.2) is 29.2 Å². The van der Waals surface area contributed by atoms with Crippen LogP contribution in [0.15, 0.2) is 50.6 Å². The standard InChI is InChI=1S/C18H15BrN6O3S/c1-23-16-15(17(27)24(2)18(23)28)12(29-22-16)9-14(26)20-13-7-8-25(21-13)11-5-3-10(19)4-6-11/h3-8H,9H2,1-2H3,(H,20,21,26). The molecule has 0 saturated heterocycles. The summed E-state index contributed by atoms with van der Waals surface area (Å²) in [5, 5.41) is 7.36. The lowest BCUT2D eigenvalue weighted by Crippen LogP contribution is -2.37. The number of nitrogens with zero attached hydrogens (tertiary/aromatic N) is 5. The summed E-state index contributed by atoms with van der Waals surface area (Å²) in [4.78, 5) is 37.5. The van der Waals surface area contributed by atoms with Crippen molar-refractivity contribution in [2.24, 2.45) is 14.1 Å². The molecule has 0 radical (unpaired) electrons. The largest absolute Gasteiger partial charge is 0.332 e. The van der Waals surface area contributed by atoms with Gasteiger partial charge in [-0.05, 0) is 35.8 Å². The smallest absolute Gasteiger partial charge is 0.309 e. The number of hydrogen-bond acceptors (Lipinski definition) is 6. The summed E-state index contributed by atoms with van der Waals surface area (Å²) in [6.45, 7) is 0. The van der Waals surface area contributed by atoms with Crippen molar-refractivity contribution in [2.75, 3.05) is 5.32 Å². The van der Waals surface area contributed by atoms with Gasteiger partial charge in [0.15, 0.2) is 11.5 Å². The third kappa shape index (κ3) is 3.54. The third-order valence-corrected chi connectivity index (χ3v) is 5.79. The van der Waals surface area contributed by atoms with Crippen molar-refractivity contribution in [1.29, 1.82) is 0 Å². The van der Waals surface area contributed by atoms with Gasteiger partial charge < -0.3 is 5.32 Å². The van der Waals surface area contributed by atoms with Crippen molar-refractivity contribution in [1.82, 2.24) is 23.3 Å². The van der Waals surface area contributed by atoms with Gasteiger partial charge in [0, 0.05) is 35.7 Å². The minimum atomic E-state index is -0.459. The van der Waals surface area contributed by atoms with E-state index < -0.39 is 11.2 Å². The van der Waals surface area contributed by atoms with Crippen molar-refractivity contribution in [3.8, 4) is 5.69 Å². The maximum Gasteiger partial charge on any atom is 0.332 e. The van der Waals surface area contributed by atoms with E-state index in [0.29, 0.717) is 10.7 Å². The first-order chi connectivity index (χ1) is 13.8. The molecule has 4 aromatic rings. The predicted octanol–water partition coefficient (Wildman–Crippen LogP) is 1.82. The lowest BCUT2D eigenvalue weighted by Gasteiger charge is -2.04. The fraction of sp³-hybridized carbons (Fsp3) is 0.167. The zero-order valence-corrected chi connectivity index (χ0v) is 17.8. The van der Waals surface area contributed by atoms with Crippen LogP contribution in [0.5, 0.6) is 0 Å². The Morgan fingerprint density at radius 3 is 2.59 bits per heavy atom. The van der Waals surface area contributed by atoms with Gasteiger partial charge in [0.1, 0.15) is 0 Å². The van der Waals surface area contributed by atoms with E-state index in [1.165, 1.54) is 11.6 Å². The number of nitrogens with one attached hydrogen (secondary N) is 1. The predicted molar refractivity (Wildman–Crippen MR) is 114 cm³/mol. The monoisotopic (exact) mass is 474 g/mol. The number of aromatic nitrogens is 5. The molecule has 0 fully saturated rings. The number of hydrogen-bond donors (Lipinski definition) is 1. The number of fused-ring (bicyclic) bond motifs is 1. The summed E-state index contributed by atoms with van der Waals surface area (Å²) in [6.07, 6.45) is 1.70. The molecular formula is C18H15BrN6O3S. The molecule has 3 heterocycles. The Morgan fingerprint density at radius 2 is 1.86 bits per heavy atom. The van der Waals surface area contributed by atoms with Gasteiger partial charge >= 0.3 is 5.69 Å². The highest BCUT2D eigenvalue weighted by molar-refractivity contribution is 9.10. The fourth-order valence-electron chi connectivity index (χ4n) is 2.91. The summed E-state index contributed by atoms with van der Waals surface area (Å²) in [7, 11) is 2.95. The SMILES string of the molecule is Cn1c(=O)c2c(CC(=O)Nc3ccn(-c4ccc(Br)cc4)n3)snc2n(C)c1=O. The molecule has 4 rings (SSSR count). The number of rotatable bonds is 4. The van der Waals surface area contributed by atoms with E-state index in [2.05, 4.69) is 30.7 Å². The minimum absolute atomic E-state index is 0.0419. The number of halogens is 1. The van der Waals surface area contributed by atoms with Crippen LogP contribution in [0.1, 0.15) is 4.88 Å². The maximum absolute atomic E-state index is 12.5. The van der Waals surface area contributed by atoms with E-state index in [0.717, 1.165) is 26.3 Å². The summed E-state index contributed by atoms with van der Waals surface area (Å²) in [5.41, 5.74) is 0.221. The summed E-state index contributed by atoms with van der Waals surface area (Å²) < 4.78 is 9.10. The molecule has 9 nitrogen and oxygen atoms in total. The van der Waals surface area contributed by atoms with E-state index in [1.54, 1.807) is 24.0 Å². The van der Waals surface area contributed by atoms with Gasteiger partial charge in [0.25, 0.3) is 5.56 Å². The number of benzene rings is 1. The van der Waals surface area contributed by atoms with Gasteiger partial charge in [-0.2, -0.15) is 9.47 Å². The highest BCUT2D eigenvalue weighted by atomic mass is 79.9. The second kappa shape index (κ2) is 7.41. The Labute approximate surface area is 176 Å². The highest BCUT2D eigenvalue weighted by Gasteiger charge is 2.18. The van der Waals surface area contributed by atoms with Crippen LogP contribution in [0.4, 0.5) is 5.82 Å². The van der Waals surface area contributed by atoms with Gasteiger partial charge in [0.2, 0.25) is 5.91 Å². The number of anilines is 1. The molecule has 0 aliphatic carbocycles. The van der Waals surface area contributed by atoms with Gasteiger partial charge in [-0.15, -0.1) is 0 Å². The summed E-state index contributed by atoms with van der Waals surface area (Å²) >= 11 is 4.42. The molecule has 0 saturated carbocycles. The second-order valence-corrected chi connectivity index (χ2v) is 8.13. The highest BCUT2D eigenvalue weighted by Crippen LogP contribution is 2.19. The Kier molecular flexibility index (Phi) is 4.92. The normalized spacial score (nSPS) is 11.1. The Balaban J connectivity index is 1.56. The molecule has 11 heteroatoms. The van der Waals surface area contributed by atoms with E-state index in [4.69, 9.17) is 0 Å². The van der Waals surface area contributed by atoms with E-state index in [1.807, 2.05) is 24.3 Å². The van der Waals surface area contributed by atoms with Crippen LogP contribution in [0.3, 0.4) is 0 Å². The van der Waals surface area contributed by atoms with Crippen LogP contribution in [0, 0.1) is 0 Å². The van der Waals surface area contributed by atoms with Crippen LogP contribution >= 0.6 is 27.5 Å². The van der Waals surface area contributed by atoms with Crippen molar-refractivity contribution in [3.05, 3.63) is 66.7 Å². The quantitative estimate of drug-likeness (QED) is 0.485. The third-order valence-electron chi connectivity index (χ3n) is 4.42. The zero-order chi connectivity index (χ0) is 20.7. The Hall–Kier alpha value is -3.05. The molecule has 3 aromatic heterocycles. The summed E-state index contributed by atoms with van der Waals surface area (Å²) in [5.74, 6) is 0.0690. The number of carbonyl (C=O) groups is 1. The number of amides is 1. The molecule has 0 bridgehead atoms. The fourth-order valence-corrected chi connectivity index (χ4v) is 4.05. The van der Waals surface area contributed by atoms with Crippen molar-refractivity contribution in [2.45, 2.75) is 6.42 Å². The maximum atomic E-state index is 12.5. The van der Waals surface area contributed by atoms with E-state index in [-0.39, 0.29) is 23.4 Å². The van der Waals surface area contributed by atoms with Gasteiger partial charge in [-0.25, -0.2) is 9.48 Å². The zero-order valence-electron chi connectivity index (χ0n) is 15.4. The molecular weight excluding hydrogens is 460 g/mol. The molecule has 1 aromatic carbocycles. The van der Waals surface area contributed by atoms with Gasteiger partial charge in [0.05, 0.1) is 17.5 Å². The lowest BCUT2D eigenvalue weighted by atomic mass is 10.2. The van der Waals surface area contributed by atoms with Crippen molar-refractivity contribution in [3.63, 3.8) is 0 Å². The molecule has 148 valence electrons. The average molecular weight is 475 g/mol. The molecule has 0 unspecified atom stereocenters. The lowest BCUT2D eigenvalue weighted by molar-refractivity contribution is -0.115. The first kappa shape index (κ1) is 19.3. The minimum Gasteiger partial charge on any atom is -0.309 e. The molecule has 1 N–H and O–H groups in total. The van der Waals surface area contributed by atoms with Crippen LogP contribution in [0.2, 0.25) is 0 Å². The molecule has 1 amide bonds. The van der Waals surface area contributed by atoms with Crippen LogP contribution < -0.4 is 16.6 Å². The molecule has 0 aliphatic heterocycles. The second-order valence-electron chi connectivity index (χ2n) is 6.36. The van der Waals surface area contributed by atoms with Crippen molar-refractivity contribution < 1.29 is 4.79 Å². The first-order valence-corrected chi connectivity index (χ1v) is 10.1. The van der Waals surface area contributed by atoms with Crippen LogP contribution in [-0.2, 0) is 25.3 Å². The topological polar surface area (TPSA) is 104 Å². The number of aryl methyl sites for hydroxylation is 1. The molecule has 29 heavy (non-hydrogen) atoms. The summed E-state index contributed by atoms with van der Waals surface area (Å²) in [6, 6.07) is 9.28. The Morgan fingerprint density at radius 1 is 1.14 bits per heavy atom.